The third-order valence-corrected chi connectivity index (χ3v) is 13.1. The van der Waals surface area contributed by atoms with E-state index < -0.39 is 15.3 Å². The van der Waals surface area contributed by atoms with Crippen LogP contribution in [0.4, 0.5) is 5.69 Å². The maximum Gasteiger partial charge on any atom is 0.206 e. The van der Waals surface area contributed by atoms with Gasteiger partial charge in [0.1, 0.15) is 0 Å². The van der Waals surface area contributed by atoms with Crippen LogP contribution in [0.25, 0.3) is 0 Å². The number of hydrogen-bond acceptors (Lipinski definition) is 6. The van der Waals surface area contributed by atoms with Crippen LogP contribution in [0.3, 0.4) is 0 Å². The second-order valence-corrected chi connectivity index (χ2v) is 15.7. The number of nitriles is 1. The van der Waals surface area contributed by atoms with Crippen molar-refractivity contribution in [1.29, 1.82) is 5.26 Å². The van der Waals surface area contributed by atoms with Crippen molar-refractivity contribution in [2.75, 3.05) is 24.6 Å². The lowest BCUT2D eigenvalue weighted by Gasteiger charge is -2.45. The van der Waals surface area contributed by atoms with E-state index in [9.17, 15) is 18.8 Å². The van der Waals surface area contributed by atoms with E-state index in [4.69, 9.17) is 0 Å². The monoisotopic (exact) mass is 625 g/mol. The van der Waals surface area contributed by atoms with E-state index in [1.807, 2.05) is 12.1 Å². The number of pyridine rings is 1. The molecule has 1 aliphatic heterocycles. The normalized spacial score (nSPS) is 25.3. The van der Waals surface area contributed by atoms with Crippen molar-refractivity contribution in [2.24, 2.45) is 29.6 Å². The molecule has 2 aliphatic carbocycles. The van der Waals surface area contributed by atoms with Gasteiger partial charge in [-0.3, -0.25) is 4.98 Å². The van der Waals surface area contributed by atoms with E-state index in [0.717, 1.165) is 56.8 Å². The Balaban J connectivity index is 0.983. The summed E-state index contributed by atoms with van der Waals surface area (Å²) in [6.07, 6.45) is 15.7. The van der Waals surface area contributed by atoms with Crippen LogP contribution in [0.2, 0.25) is 0 Å². The van der Waals surface area contributed by atoms with Gasteiger partial charge in [0.05, 0.1) is 21.3 Å². The van der Waals surface area contributed by atoms with Crippen molar-refractivity contribution >= 4 is 15.5 Å². The van der Waals surface area contributed by atoms with Gasteiger partial charge in [-0.25, -0.2) is 8.42 Å². The quantitative estimate of drug-likeness (QED) is 0.223. The molecular formula is C38H47N3O3S. The Morgan fingerprint density at radius 1 is 0.822 bits per heavy atom. The third kappa shape index (κ3) is 6.55. The molecule has 3 fully saturated rings. The first-order valence-electron chi connectivity index (χ1n) is 17.0. The molecule has 2 aromatic carbocycles. The zero-order valence-corrected chi connectivity index (χ0v) is 27.1. The van der Waals surface area contributed by atoms with Crippen LogP contribution in [0, 0.1) is 40.9 Å². The van der Waals surface area contributed by atoms with Gasteiger partial charge in [0, 0.05) is 37.8 Å². The average Bonchev–Trinajstić information content (AvgIpc) is 3.53. The lowest BCUT2D eigenvalue weighted by molar-refractivity contribution is 0.115. The molecule has 1 saturated heterocycles. The highest BCUT2D eigenvalue weighted by atomic mass is 32.2. The molecule has 2 heterocycles. The van der Waals surface area contributed by atoms with Gasteiger partial charge < -0.3 is 10.0 Å². The molecule has 1 N–H and O–H groups in total. The molecular weight excluding hydrogens is 579 g/mol. The number of benzene rings is 2. The largest absolute Gasteiger partial charge is 0.396 e. The van der Waals surface area contributed by atoms with Crippen LogP contribution in [-0.2, 0) is 15.3 Å². The standard InChI is InChI=1S/C38H47N3O3S/c39-28-38(32-9-2-1-3-10-32,37-11-5-8-31(37)22-25-42)33-14-12-29(13-15-33)6-4-7-30-26-41(27-30)34-16-18-35(19-17-34)45(43,44)36-20-23-40-24-21-36/h1-3,9-10,16-21,23-24,29-31,33,37,42H,4-8,11-15,22,25-27H2/t29?,31-,33?,37+,38?/m0/s1. The molecule has 0 spiro atoms. The van der Waals surface area contributed by atoms with Crippen LogP contribution < -0.4 is 4.90 Å². The fourth-order valence-corrected chi connectivity index (χ4v) is 10.2. The number of anilines is 1. The number of aliphatic hydroxyl groups is 1. The Morgan fingerprint density at radius 3 is 2.16 bits per heavy atom. The Bertz CT molecular complexity index is 1530. The fourth-order valence-electron chi connectivity index (χ4n) is 8.91. The zero-order valence-electron chi connectivity index (χ0n) is 26.3. The van der Waals surface area contributed by atoms with Gasteiger partial charge in [-0.15, -0.1) is 0 Å². The van der Waals surface area contributed by atoms with Crippen molar-refractivity contribution in [1.82, 2.24) is 4.98 Å². The zero-order chi connectivity index (χ0) is 31.3. The summed E-state index contributed by atoms with van der Waals surface area (Å²) in [5.41, 5.74) is 1.84. The lowest BCUT2D eigenvalue weighted by Crippen LogP contribution is -2.46. The van der Waals surface area contributed by atoms with Crippen LogP contribution in [0.5, 0.6) is 0 Å². The first kappa shape index (κ1) is 31.8. The topological polar surface area (TPSA) is 94.3 Å². The maximum atomic E-state index is 12.9. The maximum absolute atomic E-state index is 12.9. The second-order valence-electron chi connectivity index (χ2n) is 13.8. The van der Waals surface area contributed by atoms with E-state index in [1.54, 1.807) is 12.1 Å². The molecule has 3 atom stereocenters. The number of aromatic nitrogens is 1. The summed E-state index contributed by atoms with van der Waals surface area (Å²) in [6.45, 7) is 2.27. The minimum absolute atomic E-state index is 0.215. The summed E-state index contributed by atoms with van der Waals surface area (Å²) in [5, 5.41) is 20.7. The highest BCUT2D eigenvalue weighted by Gasteiger charge is 2.51. The van der Waals surface area contributed by atoms with Gasteiger partial charge in [0.15, 0.2) is 0 Å². The summed E-state index contributed by atoms with van der Waals surface area (Å²) < 4.78 is 25.8. The van der Waals surface area contributed by atoms with Crippen molar-refractivity contribution in [2.45, 2.75) is 85.8 Å². The van der Waals surface area contributed by atoms with Crippen LogP contribution in [-0.4, -0.2) is 38.2 Å². The summed E-state index contributed by atoms with van der Waals surface area (Å²) >= 11 is 0. The number of hydrogen-bond donors (Lipinski definition) is 1. The molecule has 45 heavy (non-hydrogen) atoms. The van der Waals surface area contributed by atoms with Gasteiger partial charge in [-0.05, 0) is 104 Å². The van der Waals surface area contributed by atoms with Crippen molar-refractivity contribution in [3.05, 3.63) is 84.7 Å². The third-order valence-electron chi connectivity index (χ3n) is 11.3. The molecule has 7 heteroatoms. The first-order chi connectivity index (χ1) is 22.0. The molecule has 0 amide bonds. The lowest BCUT2D eigenvalue weighted by atomic mass is 9.56. The van der Waals surface area contributed by atoms with Gasteiger partial charge in [0.2, 0.25) is 9.84 Å². The molecule has 238 valence electrons. The SMILES string of the molecule is N#CC(c1ccccc1)(C1CCC(CCCC2CN(c3ccc(S(=O)(=O)c4ccncc4)cc3)C2)CC1)[C@@H]1CCC[C@H]1CCO. The number of aliphatic hydroxyl groups excluding tert-OH is 1. The molecule has 1 aromatic heterocycles. The molecule has 3 aromatic rings. The van der Waals surface area contributed by atoms with Crippen molar-refractivity contribution in [3.8, 4) is 6.07 Å². The van der Waals surface area contributed by atoms with Crippen molar-refractivity contribution < 1.29 is 13.5 Å². The minimum Gasteiger partial charge on any atom is -0.396 e. The predicted molar refractivity (Wildman–Crippen MR) is 177 cm³/mol. The predicted octanol–water partition coefficient (Wildman–Crippen LogP) is 7.59. The highest BCUT2D eigenvalue weighted by Crippen LogP contribution is 2.54. The van der Waals surface area contributed by atoms with Crippen molar-refractivity contribution in [3.63, 3.8) is 0 Å². The fraction of sp³-hybridized carbons (Fsp3) is 0.526. The van der Waals surface area contributed by atoms with Gasteiger partial charge >= 0.3 is 0 Å². The number of rotatable bonds is 12. The average molecular weight is 626 g/mol. The molecule has 6 rings (SSSR count). The molecule has 1 unspecified atom stereocenters. The van der Waals surface area contributed by atoms with Gasteiger partial charge in [0.25, 0.3) is 0 Å². The van der Waals surface area contributed by atoms with Crippen LogP contribution in [0.15, 0.2) is 88.9 Å². The molecule has 6 nitrogen and oxygen atoms in total. The summed E-state index contributed by atoms with van der Waals surface area (Å²) in [6, 6.07) is 23.9. The Morgan fingerprint density at radius 2 is 1.49 bits per heavy atom. The Labute approximate surface area is 269 Å². The Kier molecular flexibility index (Phi) is 9.92. The van der Waals surface area contributed by atoms with E-state index in [0.29, 0.717) is 28.6 Å². The smallest absolute Gasteiger partial charge is 0.206 e. The van der Waals surface area contributed by atoms with Gasteiger partial charge in [-0.2, -0.15) is 5.26 Å². The molecule has 0 radical (unpaired) electrons. The van der Waals surface area contributed by atoms with E-state index in [2.05, 4.69) is 46.3 Å². The first-order valence-corrected chi connectivity index (χ1v) is 18.5. The molecule has 2 saturated carbocycles. The highest BCUT2D eigenvalue weighted by molar-refractivity contribution is 7.91. The Hall–Kier alpha value is -3.21. The van der Waals surface area contributed by atoms with Crippen LogP contribution in [0.1, 0.15) is 76.2 Å². The second kappa shape index (κ2) is 14.1. The molecule has 3 aliphatic rings. The van der Waals surface area contributed by atoms with E-state index >= 15 is 0 Å². The van der Waals surface area contributed by atoms with E-state index in [-0.39, 0.29) is 11.5 Å². The number of sulfone groups is 1. The van der Waals surface area contributed by atoms with E-state index in [1.165, 1.54) is 68.6 Å². The summed E-state index contributed by atoms with van der Waals surface area (Å²) in [7, 11) is -3.52. The van der Waals surface area contributed by atoms with Crippen LogP contribution >= 0.6 is 0 Å². The summed E-state index contributed by atoms with van der Waals surface area (Å²) in [5.74, 6) is 2.60. The molecule has 0 bridgehead atoms. The number of nitrogens with zero attached hydrogens (tertiary/aromatic N) is 3. The summed E-state index contributed by atoms with van der Waals surface area (Å²) in [4.78, 5) is 6.85. The van der Waals surface area contributed by atoms with Gasteiger partial charge in [-0.1, -0.05) is 68.9 Å². The minimum atomic E-state index is -3.52.